The van der Waals surface area contributed by atoms with Crippen LogP contribution in [0.5, 0.6) is 0 Å². The second-order valence-corrected chi connectivity index (χ2v) is 24.4. The summed E-state index contributed by atoms with van der Waals surface area (Å²) in [7, 11) is -3.92. The first kappa shape index (κ1) is 18.9. The van der Waals surface area contributed by atoms with E-state index in [1.165, 1.54) is 0 Å². The number of rotatable bonds is 5. The molecular weight excluding hydrogens is 392 g/mol. The van der Waals surface area contributed by atoms with Crippen LogP contribution in [-0.4, -0.2) is 28.1 Å². The summed E-state index contributed by atoms with van der Waals surface area (Å²) in [5.74, 6) is 0. The second-order valence-electron chi connectivity index (χ2n) is 7.64. The minimum absolute atomic E-state index is 0.292. The lowest BCUT2D eigenvalue weighted by Gasteiger charge is -2.53. The van der Waals surface area contributed by atoms with Crippen molar-refractivity contribution in [2.24, 2.45) is 0 Å². The summed E-state index contributed by atoms with van der Waals surface area (Å²) in [5.41, 5.74) is 0. The molecule has 2 aromatic rings. The van der Waals surface area contributed by atoms with Crippen LogP contribution in [0.25, 0.3) is 0 Å². The first-order chi connectivity index (χ1) is 10.7. The van der Waals surface area contributed by atoms with Gasteiger partial charge in [0.1, 0.15) is 0 Å². The molecule has 123 valence electrons. The van der Waals surface area contributed by atoms with Crippen molar-refractivity contribution in [3.63, 3.8) is 0 Å². The van der Waals surface area contributed by atoms with Gasteiger partial charge in [-0.3, -0.25) is 0 Å². The van der Waals surface area contributed by atoms with Gasteiger partial charge in [0.05, 0.1) is 24.9 Å². The Morgan fingerprint density at radius 2 is 1.00 bits per heavy atom. The molecule has 0 unspecified atom stereocenters. The van der Waals surface area contributed by atoms with Crippen molar-refractivity contribution in [1.29, 1.82) is 0 Å². The predicted molar refractivity (Wildman–Crippen MR) is 116 cm³/mol. The van der Waals surface area contributed by atoms with Gasteiger partial charge in [-0.15, -0.1) is 0 Å². The molecule has 0 aliphatic rings. The van der Waals surface area contributed by atoms with Gasteiger partial charge in [-0.1, -0.05) is 126 Å². The minimum Gasteiger partial charge on any atom is -0.0949 e. The molecule has 0 atom stereocenters. The molecule has 4 heteroatoms. The van der Waals surface area contributed by atoms with E-state index >= 15 is 0 Å². The molecule has 0 nitrogen and oxygen atoms in total. The molecule has 0 aromatic heterocycles. The lowest BCUT2D eigenvalue weighted by atomic mass is 10.4. The van der Waals surface area contributed by atoms with E-state index in [4.69, 9.17) is 0 Å². The van der Waals surface area contributed by atoms with Crippen molar-refractivity contribution >= 4 is 51.2 Å². The van der Waals surface area contributed by atoms with Crippen molar-refractivity contribution in [1.82, 2.24) is 0 Å². The highest BCUT2D eigenvalue weighted by molar-refractivity contribution is 9.11. The van der Waals surface area contributed by atoms with Crippen LogP contribution < -0.4 is 10.4 Å². The topological polar surface area (TPSA) is 0 Å². The van der Waals surface area contributed by atoms with Crippen molar-refractivity contribution in [3.05, 3.63) is 60.7 Å². The van der Waals surface area contributed by atoms with E-state index < -0.39 is 24.9 Å². The Balaban J connectivity index is 2.64. The normalized spacial score (nSPS) is 13.4. The lowest BCUT2D eigenvalue weighted by Crippen LogP contribution is -2.78. The van der Waals surface area contributed by atoms with Crippen LogP contribution in [0.3, 0.4) is 0 Å². The maximum Gasteiger partial charge on any atom is 0.0925 e. The highest BCUT2D eigenvalue weighted by Gasteiger charge is 2.58. The summed E-state index contributed by atoms with van der Waals surface area (Å²) in [4.78, 5) is 0. The summed E-state index contributed by atoms with van der Waals surface area (Å²) in [5, 5.41) is 3.14. The van der Waals surface area contributed by atoms with Gasteiger partial charge in [0.25, 0.3) is 0 Å². The molecule has 0 amide bonds. The monoisotopic (exact) mass is 419 g/mol. The molecule has 0 N–H and O–H groups in total. The van der Waals surface area contributed by atoms with Gasteiger partial charge in [0.2, 0.25) is 0 Å². The van der Waals surface area contributed by atoms with E-state index in [0.29, 0.717) is 3.19 Å². The van der Waals surface area contributed by atoms with Crippen molar-refractivity contribution in [2.45, 2.75) is 42.5 Å². The van der Waals surface area contributed by atoms with Gasteiger partial charge in [-0.2, -0.15) is 0 Å². The molecule has 0 spiro atoms. The molecule has 0 aliphatic heterocycles. The number of hydrogen-bond donors (Lipinski definition) is 0. The van der Waals surface area contributed by atoms with E-state index in [2.05, 4.69) is 116 Å². The third kappa shape index (κ3) is 3.11. The van der Waals surface area contributed by atoms with Crippen LogP contribution in [-0.2, 0) is 0 Å². The maximum atomic E-state index is 4.44. The van der Waals surface area contributed by atoms with Gasteiger partial charge < -0.3 is 0 Å². The van der Waals surface area contributed by atoms with Crippen molar-refractivity contribution in [2.75, 3.05) is 0 Å². The van der Waals surface area contributed by atoms with Crippen molar-refractivity contribution < 1.29 is 0 Å². The fourth-order valence-corrected chi connectivity index (χ4v) is 26.3. The Morgan fingerprint density at radius 1 is 0.696 bits per heavy atom. The van der Waals surface area contributed by atoms with E-state index in [9.17, 15) is 0 Å². The Bertz CT molecular complexity index is 585. The molecule has 0 saturated heterocycles. The Kier molecular flexibility index (Phi) is 5.61. The van der Waals surface area contributed by atoms with E-state index in [1.54, 1.807) is 10.4 Å². The molecular formula is C19H28BrSi3. The van der Waals surface area contributed by atoms with Crippen LogP contribution in [0.1, 0.15) is 0 Å². The van der Waals surface area contributed by atoms with Gasteiger partial charge >= 0.3 is 0 Å². The average Bonchev–Trinajstić information content (AvgIpc) is 2.55. The molecule has 0 saturated carbocycles. The summed E-state index contributed by atoms with van der Waals surface area (Å²) < 4.78 is 0.292. The Morgan fingerprint density at radius 3 is 1.26 bits per heavy atom. The number of benzene rings is 2. The molecule has 2 aromatic carbocycles. The Labute approximate surface area is 154 Å². The summed E-state index contributed by atoms with van der Waals surface area (Å²) in [6.45, 7) is 15.2. The first-order valence-corrected chi connectivity index (χ1v) is 17.6. The standard InChI is InChI=1S/C19H28BrSi3/c1-21(2)19(20,22(3,4)17-13-9-7-10-14-17)23(5,6)18-15-11-8-12-16-18/h7-16H,1-6H3. The Hall–Kier alpha value is -0.429. The van der Waals surface area contributed by atoms with Crippen molar-refractivity contribution in [3.8, 4) is 0 Å². The summed E-state index contributed by atoms with van der Waals surface area (Å²) >= 11 is 4.44. The van der Waals surface area contributed by atoms with E-state index in [1.807, 2.05) is 0 Å². The largest absolute Gasteiger partial charge is 0.0949 e. The number of hydrogen-bond acceptors (Lipinski definition) is 0. The first-order valence-electron chi connectivity index (χ1n) is 8.26. The predicted octanol–water partition coefficient (Wildman–Crippen LogP) is 4.72. The van der Waals surface area contributed by atoms with E-state index in [0.717, 1.165) is 0 Å². The van der Waals surface area contributed by atoms with Crippen LogP contribution in [0.4, 0.5) is 0 Å². The van der Waals surface area contributed by atoms with Crippen LogP contribution in [0.15, 0.2) is 60.7 Å². The third-order valence-corrected chi connectivity index (χ3v) is 32.6. The second kappa shape index (κ2) is 6.82. The van der Waals surface area contributed by atoms with E-state index in [-0.39, 0.29) is 0 Å². The highest BCUT2D eigenvalue weighted by Crippen LogP contribution is 2.41. The number of halogens is 1. The SMILES string of the molecule is C[Si](C)C(Br)([Si](C)(C)c1ccccc1)[Si](C)(C)c1ccccc1. The van der Waals surface area contributed by atoms with Gasteiger partial charge in [-0.25, -0.2) is 0 Å². The molecule has 23 heavy (non-hydrogen) atoms. The molecule has 0 heterocycles. The highest BCUT2D eigenvalue weighted by atomic mass is 79.9. The van der Waals surface area contributed by atoms with Crippen LogP contribution >= 0.6 is 15.9 Å². The van der Waals surface area contributed by atoms with Gasteiger partial charge in [-0.05, 0) is 0 Å². The molecule has 1 radical (unpaired) electrons. The minimum atomic E-state index is -1.69. The zero-order valence-corrected chi connectivity index (χ0v) is 19.7. The number of alkyl halides is 1. The fourth-order valence-electron chi connectivity index (χ4n) is 4.14. The fraction of sp³-hybridized carbons (Fsp3) is 0.368. The third-order valence-electron chi connectivity index (χ3n) is 5.40. The smallest absolute Gasteiger partial charge is 0.0925 e. The quantitative estimate of drug-likeness (QED) is 0.485. The van der Waals surface area contributed by atoms with Gasteiger partial charge in [0.15, 0.2) is 0 Å². The summed E-state index contributed by atoms with van der Waals surface area (Å²) in [6, 6.07) is 22.5. The van der Waals surface area contributed by atoms with Crippen LogP contribution in [0.2, 0.25) is 39.3 Å². The summed E-state index contributed by atoms with van der Waals surface area (Å²) in [6.07, 6.45) is 0. The molecule has 0 fully saturated rings. The molecule has 0 aliphatic carbocycles. The van der Waals surface area contributed by atoms with Crippen LogP contribution in [0, 0.1) is 0 Å². The molecule has 2 rings (SSSR count). The molecule has 0 bridgehead atoms. The lowest BCUT2D eigenvalue weighted by molar-refractivity contribution is 1.38. The zero-order chi connectivity index (χ0) is 17.3. The maximum absolute atomic E-state index is 4.44. The zero-order valence-electron chi connectivity index (χ0n) is 15.2. The average molecular weight is 421 g/mol. The van der Waals surface area contributed by atoms with Gasteiger partial charge in [0, 0.05) is 3.19 Å².